The van der Waals surface area contributed by atoms with Gasteiger partial charge >= 0.3 is 5.97 Å². The Hall–Kier alpha value is -2.33. The standard InChI is InChI=1S/C15H14O4/c1-19-13-4-2-3-12(9-13)10-5-7-11(8-6-10)14(16)15(17)18/h2-9,14,16H,1H3,(H,17,18). The lowest BCUT2D eigenvalue weighted by Gasteiger charge is -2.08. The summed E-state index contributed by atoms with van der Waals surface area (Å²) in [5.41, 5.74) is 2.26. The van der Waals surface area contributed by atoms with Crippen molar-refractivity contribution >= 4 is 5.97 Å². The predicted octanol–water partition coefficient (Wildman–Crippen LogP) is 2.48. The minimum absolute atomic E-state index is 0.360. The van der Waals surface area contributed by atoms with Gasteiger partial charge in [0.1, 0.15) is 5.75 Å². The summed E-state index contributed by atoms with van der Waals surface area (Å²) in [5.74, 6) is -0.499. The fourth-order valence-electron chi connectivity index (χ4n) is 1.80. The average Bonchev–Trinajstić information content (AvgIpc) is 2.46. The van der Waals surface area contributed by atoms with E-state index in [0.29, 0.717) is 5.56 Å². The molecule has 2 aromatic carbocycles. The van der Waals surface area contributed by atoms with Crippen molar-refractivity contribution in [1.82, 2.24) is 0 Å². The van der Waals surface area contributed by atoms with Gasteiger partial charge in [0.2, 0.25) is 0 Å². The number of hydrogen-bond donors (Lipinski definition) is 2. The molecule has 1 atom stereocenters. The second-order valence-electron chi connectivity index (χ2n) is 4.09. The molecule has 0 spiro atoms. The highest BCUT2D eigenvalue weighted by molar-refractivity contribution is 5.74. The first kappa shape index (κ1) is 13.1. The molecule has 4 heteroatoms. The van der Waals surface area contributed by atoms with Crippen LogP contribution in [0.1, 0.15) is 11.7 Å². The van der Waals surface area contributed by atoms with Crippen LogP contribution in [0.2, 0.25) is 0 Å². The summed E-state index contributed by atoms with van der Waals surface area (Å²) in [5, 5.41) is 18.1. The Morgan fingerprint density at radius 2 is 1.79 bits per heavy atom. The average molecular weight is 258 g/mol. The molecule has 2 rings (SSSR count). The van der Waals surface area contributed by atoms with Gasteiger partial charge in [0.05, 0.1) is 7.11 Å². The van der Waals surface area contributed by atoms with Crippen molar-refractivity contribution in [1.29, 1.82) is 0 Å². The summed E-state index contributed by atoms with van der Waals surface area (Å²) in [6.07, 6.45) is -1.49. The molecular weight excluding hydrogens is 244 g/mol. The maximum absolute atomic E-state index is 10.7. The van der Waals surface area contributed by atoms with Crippen LogP contribution in [0.25, 0.3) is 11.1 Å². The molecule has 2 N–H and O–H groups in total. The van der Waals surface area contributed by atoms with Crippen molar-refractivity contribution in [3.63, 3.8) is 0 Å². The summed E-state index contributed by atoms with van der Waals surface area (Å²) in [4.78, 5) is 10.7. The Bertz CT molecular complexity index is 575. The van der Waals surface area contributed by atoms with E-state index in [1.54, 1.807) is 31.4 Å². The smallest absolute Gasteiger partial charge is 0.337 e. The van der Waals surface area contributed by atoms with Gasteiger partial charge < -0.3 is 14.9 Å². The zero-order chi connectivity index (χ0) is 13.8. The van der Waals surface area contributed by atoms with Crippen LogP contribution in [0.15, 0.2) is 48.5 Å². The van der Waals surface area contributed by atoms with Gasteiger partial charge in [-0.25, -0.2) is 4.79 Å². The summed E-state index contributed by atoms with van der Waals surface area (Å²) in [6, 6.07) is 14.3. The molecular formula is C15H14O4. The Morgan fingerprint density at radius 1 is 1.11 bits per heavy atom. The monoisotopic (exact) mass is 258 g/mol. The number of carbonyl (C=O) groups is 1. The number of aliphatic hydroxyl groups excluding tert-OH is 1. The molecule has 0 aliphatic rings. The fraction of sp³-hybridized carbons (Fsp3) is 0.133. The number of ether oxygens (including phenoxy) is 1. The maximum Gasteiger partial charge on any atom is 0.337 e. The van der Waals surface area contributed by atoms with Crippen molar-refractivity contribution in [3.05, 3.63) is 54.1 Å². The molecule has 0 bridgehead atoms. The molecule has 0 aromatic heterocycles. The molecule has 1 unspecified atom stereocenters. The zero-order valence-electron chi connectivity index (χ0n) is 10.4. The van der Waals surface area contributed by atoms with Crippen LogP contribution in [0, 0.1) is 0 Å². The van der Waals surface area contributed by atoms with Gasteiger partial charge in [0.25, 0.3) is 0 Å². The van der Waals surface area contributed by atoms with E-state index in [1.807, 2.05) is 24.3 Å². The lowest BCUT2D eigenvalue weighted by atomic mass is 10.0. The van der Waals surface area contributed by atoms with Crippen molar-refractivity contribution in [2.45, 2.75) is 6.10 Å². The van der Waals surface area contributed by atoms with E-state index in [4.69, 9.17) is 9.84 Å². The third-order valence-corrected chi connectivity index (χ3v) is 2.86. The molecule has 0 fully saturated rings. The first-order valence-corrected chi connectivity index (χ1v) is 5.77. The van der Waals surface area contributed by atoms with Crippen molar-refractivity contribution in [2.75, 3.05) is 7.11 Å². The topological polar surface area (TPSA) is 66.8 Å². The molecule has 0 saturated carbocycles. The summed E-state index contributed by atoms with van der Waals surface area (Å²) >= 11 is 0. The number of carboxylic acid groups (broad SMARTS) is 1. The van der Waals surface area contributed by atoms with E-state index in [1.165, 1.54) is 0 Å². The van der Waals surface area contributed by atoms with E-state index in [-0.39, 0.29) is 0 Å². The quantitative estimate of drug-likeness (QED) is 0.884. The van der Waals surface area contributed by atoms with E-state index in [2.05, 4.69) is 0 Å². The van der Waals surface area contributed by atoms with Crippen LogP contribution >= 0.6 is 0 Å². The van der Waals surface area contributed by atoms with Crippen molar-refractivity contribution in [3.8, 4) is 16.9 Å². The lowest BCUT2D eigenvalue weighted by molar-refractivity contribution is -0.146. The number of aliphatic carboxylic acids is 1. The van der Waals surface area contributed by atoms with E-state index in [9.17, 15) is 9.90 Å². The van der Waals surface area contributed by atoms with Crippen LogP contribution in [-0.4, -0.2) is 23.3 Å². The number of rotatable bonds is 4. The zero-order valence-corrected chi connectivity index (χ0v) is 10.4. The first-order valence-electron chi connectivity index (χ1n) is 5.77. The van der Waals surface area contributed by atoms with Gasteiger partial charge in [-0.05, 0) is 28.8 Å². The minimum Gasteiger partial charge on any atom is -0.497 e. The molecule has 19 heavy (non-hydrogen) atoms. The summed E-state index contributed by atoms with van der Waals surface area (Å²) in [7, 11) is 1.60. The Labute approximate surface area is 110 Å². The Balaban J connectivity index is 2.29. The van der Waals surface area contributed by atoms with Gasteiger partial charge in [-0.1, -0.05) is 36.4 Å². The number of hydrogen-bond acceptors (Lipinski definition) is 3. The van der Waals surface area contributed by atoms with Crippen LogP contribution in [0.3, 0.4) is 0 Å². The Morgan fingerprint density at radius 3 is 2.37 bits per heavy atom. The second kappa shape index (κ2) is 5.54. The highest BCUT2D eigenvalue weighted by atomic mass is 16.5. The minimum atomic E-state index is -1.49. The molecule has 4 nitrogen and oxygen atoms in total. The van der Waals surface area contributed by atoms with Gasteiger partial charge in [0, 0.05) is 0 Å². The summed E-state index contributed by atoms with van der Waals surface area (Å²) in [6.45, 7) is 0. The predicted molar refractivity (Wildman–Crippen MR) is 71.0 cm³/mol. The second-order valence-corrected chi connectivity index (χ2v) is 4.09. The van der Waals surface area contributed by atoms with Crippen LogP contribution in [0.5, 0.6) is 5.75 Å². The highest BCUT2D eigenvalue weighted by Crippen LogP contribution is 2.25. The van der Waals surface area contributed by atoms with E-state index < -0.39 is 12.1 Å². The van der Waals surface area contributed by atoms with Crippen LogP contribution in [0.4, 0.5) is 0 Å². The largest absolute Gasteiger partial charge is 0.497 e. The van der Waals surface area contributed by atoms with Gasteiger partial charge in [0.15, 0.2) is 6.10 Å². The highest BCUT2D eigenvalue weighted by Gasteiger charge is 2.15. The SMILES string of the molecule is COc1cccc(-c2ccc(C(O)C(=O)O)cc2)c1. The third kappa shape index (κ3) is 2.92. The molecule has 0 amide bonds. The van der Waals surface area contributed by atoms with Crippen molar-refractivity contribution in [2.24, 2.45) is 0 Å². The Kier molecular flexibility index (Phi) is 3.82. The van der Waals surface area contributed by atoms with Gasteiger partial charge in [-0.2, -0.15) is 0 Å². The van der Waals surface area contributed by atoms with Crippen LogP contribution in [-0.2, 0) is 4.79 Å². The van der Waals surface area contributed by atoms with Crippen LogP contribution < -0.4 is 4.74 Å². The molecule has 0 radical (unpaired) electrons. The molecule has 0 aliphatic carbocycles. The number of methoxy groups -OCH3 is 1. The molecule has 0 saturated heterocycles. The molecule has 0 heterocycles. The van der Waals surface area contributed by atoms with E-state index in [0.717, 1.165) is 16.9 Å². The van der Waals surface area contributed by atoms with E-state index >= 15 is 0 Å². The lowest BCUT2D eigenvalue weighted by Crippen LogP contribution is -2.10. The molecule has 2 aromatic rings. The number of carboxylic acids is 1. The maximum atomic E-state index is 10.7. The van der Waals surface area contributed by atoms with Gasteiger partial charge in [-0.15, -0.1) is 0 Å². The number of aliphatic hydroxyl groups is 1. The molecule has 0 aliphatic heterocycles. The number of benzene rings is 2. The third-order valence-electron chi connectivity index (χ3n) is 2.86. The van der Waals surface area contributed by atoms with Crippen molar-refractivity contribution < 1.29 is 19.7 Å². The first-order chi connectivity index (χ1) is 9.11. The summed E-state index contributed by atoms with van der Waals surface area (Å²) < 4.78 is 5.15. The molecule has 98 valence electrons. The fourth-order valence-corrected chi connectivity index (χ4v) is 1.80. The normalized spacial score (nSPS) is 11.9. The van der Waals surface area contributed by atoms with Gasteiger partial charge in [-0.3, -0.25) is 0 Å².